The molecular formula is C18H25ClN4O. The number of rotatable bonds is 6. The van der Waals surface area contributed by atoms with Crippen LogP contribution in [0.25, 0.3) is 0 Å². The van der Waals surface area contributed by atoms with Crippen molar-refractivity contribution in [2.24, 2.45) is 4.99 Å². The quantitative estimate of drug-likeness (QED) is 0.643. The van der Waals surface area contributed by atoms with Crippen molar-refractivity contribution in [3.05, 3.63) is 59.0 Å². The fraction of sp³-hybridized carbons (Fsp3) is 0.389. The molecule has 0 aliphatic rings. The highest BCUT2D eigenvalue weighted by molar-refractivity contribution is 6.30. The van der Waals surface area contributed by atoms with Crippen molar-refractivity contribution in [3.63, 3.8) is 0 Å². The first kappa shape index (κ1) is 18.4. The molecule has 1 N–H and O–H groups in total. The normalized spacial score (nSPS) is 13.2. The summed E-state index contributed by atoms with van der Waals surface area (Å²) < 4.78 is 5.54. The molecule has 2 rings (SSSR count). The molecule has 5 nitrogen and oxygen atoms in total. The summed E-state index contributed by atoms with van der Waals surface area (Å²) in [6.07, 6.45) is 1.70. The summed E-state index contributed by atoms with van der Waals surface area (Å²) in [5.74, 6) is 1.77. The number of nitrogens with one attached hydrogen (secondary N) is 1. The second-order valence-electron chi connectivity index (χ2n) is 5.91. The maximum atomic E-state index is 5.94. The Hall–Kier alpha value is -1.98. The largest absolute Gasteiger partial charge is 0.468 e. The fourth-order valence-corrected chi connectivity index (χ4v) is 2.66. The average molecular weight is 349 g/mol. The Balaban J connectivity index is 1.96. The third-order valence-corrected chi connectivity index (χ3v) is 4.11. The molecule has 2 aromatic rings. The lowest BCUT2D eigenvalue weighted by molar-refractivity contribution is 0.256. The Bertz CT molecular complexity index is 638. The van der Waals surface area contributed by atoms with Gasteiger partial charge in [-0.15, -0.1) is 0 Å². The van der Waals surface area contributed by atoms with Crippen molar-refractivity contribution in [3.8, 4) is 0 Å². The third kappa shape index (κ3) is 5.01. The van der Waals surface area contributed by atoms with E-state index in [9.17, 15) is 0 Å². The van der Waals surface area contributed by atoms with Gasteiger partial charge in [0.15, 0.2) is 5.96 Å². The first-order valence-corrected chi connectivity index (χ1v) is 8.25. The van der Waals surface area contributed by atoms with Gasteiger partial charge in [-0.2, -0.15) is 0 Å². The van der Waals surface area contributed by atoms with E-state index in [1.54, 1.807) is 13.3 Å². The van der Waals surface area contributed by atoms with Crippen LogP contribution in [0.5, 0.6) is 0 Å². The van der Waals surface area contributed by atoms with E-state index in [4.69, 9.17) is 16.0 Å². The highest BCUT2D eigenvalue weighted by Crippen LogP contribution is 2.17. The number of hydrogen-bond acceptors (Lipinski definition) is 3. The van der Waals surface area contributed by atoms with Crippen LogP contribution in [0.1, 0.15) is 17.4 Å². The van der Waals surface area contributed by atoms with Gasteiger partial charge in [-0.05, 0) is 43.9 Å². The van der Waals surface area contributed by atoms with Gasteiger partial charge in [0.1, 0.15) is 5.76 Å². The van der Waals surface area contributed by atoms with Crippen molar-refractivity contribution in [1.29, 1.82) is 0 Å². The van der Waals surface area contributed by atoms with Crippen LogP contribution >= 0.6 is 11.6 Å². The lowest BCUT2D eigenvalue weighted by atomic mass is 10.2. The Morgan fingerprint density at radius 2 is 1.92 bits per heavy atom. The Morgan fingerprint density at radius 1 is 1.21 bits per heavy atom. The molecule has 6 heteroatoms. The van der Waals surface area contributed by atoms with E-state index in [2.05, 4.69) is 20.1 Å². The van der Waals surface area contributed by atoms with E-state index >= 15 is 0 Å². The molecule has 1 aromatic heterocycles. The van der Waals surface area contributed by atoms with Gasteiger partial charge in [-0.25, -0.2) is 0 Å². The summed E-state index contributed by atoms with van der Waals surface area (Å²) in [6, 6.07) is 11.9. The number of guanidine groups is 1. The maximum Gasteiger partial charge on any atom is 0.193 e. The summed E-state index contributed by atoms with van der Waals surface area (Å²) in [4.78, 5) is 8.58. The van der Waals surface area contributed by atoms with E-state index in [0.717, 1.165) is 23.3 Å². The van der Waals surface area contributed by atoms with Gasteiger partial charge in [0.2, 0.25) is 0 Å². The summed E-state index contributed by atoms with van der Waals surface area (Å²) in [5.41, 5.74) is 1.18. The predicted molar refractivity (Wildman–Crippen MR) is 99.4 cm³/mol. The van der Waals surface area contributed by atoms with Crippen molar-refractivity contribution in [2.45, 2.75) is 12.6 Å². The first-order chi connectivity index (χ1) is 11.5. The molecule has 0 fully saturated rings. The van der Waals surface area contributed by atoms with E-state index in [1.807, 2.05) is 57.5 Å². The van der Waals surface area contributed by atoms with Crippen LogP contribution in [0.4, 0.5) is 0 Å². The standard InChI is InChI=1S/C18H25ClN4O/c1-20-18(23(4)13-14-7-9-15(19)10-8-14)21-12-16(22(2)3)17-6-5-11-24-17/h5-11,16H,12-13H2,1-4H3,(H,20,21). The minimum Gasteiger partial charge on any atom is -0.468 e. The van der Waals surface area contributed by atoms with E-state index in [-0.39, 0.29) is 6.04 Å². The molecule has 0 amide bonds. The number of hydrogen-bond donors (Lipinski definition) is 1. The van der Waals surface area contributed by atoms with Crippen LogP contribution in [0.3, 0.4) is 0 Å². The van der Waals surface area contributed by atoms with E-state index in [1.165, 1.54) is 5.56 Å². The van der Waals surface area contributed by atoms with Crippen LogP contribution in [0.15, 0.2) is 52.1 Å². The Kier molecular flexibility index (Phi) is 6.70. The number of likely N-dealkylation sites (N-methyl/N-ethyl adjacent to an activating group) is 1. The van der Waals surface area contributed by atoms with E-state index in [0.29, 0.717) is 6.54 Å². The summed E-state index contributed by atoms with van der Waals surface area (Å²) in [5, 5.41) is 4.17. The predicted octanol–water partition coefficient (Wildman–Crippen LogP) is 3.24. The first-order valence-electron chi connectivity index (χ1n) is 7.87. The molecule has 1 heterocycles. The number of nitrogens with zero attached hydrogens (tertiary/aromatic N) is 3. The molecule has 0 radical (unpaired) electrons. The monoisotopic (exact) mass is 348 g/mol. The number of furan rings is 1. The summed E-state index contributed by atoms with van der Waals surface area (Å²) in [6.45, 7) is 1.46. The van der Waals surface area contributed by atoms with Gasteiger partial charge in [0.25, 0.3) is 0 Å². The molecule has 0 spiro atoms. The third-order valence-electron chi connectivity index (χ3n) is 3.85. The average Bonchev–Trinajstić information content (AvgIpc) is 3.07. The molecule has 0 saturated heterocycles. The molecule has 130 valence electrons. The van der Waals surface area contributed by atoms with Crippen molar-refractivity contribution in [2.75, 3.05) is 34.7 Å². The molecule has 0 bridgehead atoms. The Labute approximate surface area is 148 Å². The van der Waals surface area contributed by atoms with Crippen LogP contribution < -0.4 is 5.32 Å². The lowest BCUT2D eigenvalue weighted by Crippen LogP contribution is -2.42. The van der Waals surface area contributed by atoms with Gasteiger partial charge in [-0.3, -0.25) is 9.89 Å². The molecule has 1 unspecified atom stereocenters. The second kappa shape index (κ2) is 8.76. The molecule has 0 saturated carbocycles. The number of benzene rings is 1. The van der Waals surface area contributed by atoms with E-state index < -0.39 is 0 Å². The highest BCUT2D eigenvalue weighted by atomic mass is 35.5. The van der Waals surface area contributed by atoms with Crippen LogP contribution in [0.2, 0.25) is 5.02 Å². The molecule has 24 heavy (non-hydrogen) atoms. The van der Waals surface area contributed by atoms with Crippen LogP contribution in [-0.4, -0.2) is 50.5 Å². The smallest absolute Gasteiger partial charge is 0.193 e. The van der Waals surface area contributed by atoms with Crippen LogP contribution in [-0.2, 0) is 6.54 Å². The zero-order chi connectivity index (χ0) is 17.5. The highest BCUT2D eigenvalue weighted by Gasteiger charge is 2.18. The molecular weight excluding hydrogens is 324 g/mol. The van der Waals surface area contributed by atoms with Gasteiger partial charge >= 0.3 is 0 Å². The topological polar surface area (TPSA) is 44.0 Å². The Morgan fingerprint density at radius 3 is 2.46 bits per heavy atom. The summed E-state index contributed by atoms with van der Waals surface area (Å²) in [7, 11) is 7.88. The van der Waals surface area contributed by atoms with Gasteiger partial charge in [0.05, 0.1) is 12.3 Å². The van der Waals surface area contributed by atoms with Crippen molar-refractivity contribution < 1.29 is 4.42 Å². The lowest BCUT2D eigenvalue weighted by Gasteiger charge is -2.27. The molecule has 1 atom stereocenters. The van der Waals surface area contributed by atoms with Gasteiger partial charge in [0, 0.05) is 32.2 Å². The van der Waals surface area contributed by atoms with Gasteiger partial charge < -0.3 is 14.6 Å². The molecule has 1 aromatic carbocycles. The number of aliphatic imine (C=N–C) groups is 1. The van der Waals surface area contributed by atoms with Crippen LogP contribution in [0, 0.1) is 0 Å². The van der Waals surface area contributed by atoms with Gasteiger partial charge in [-0.1, -0.05) is 23.7 Å². The molecule has 0 aliphatic heterocycles. The van der Waals surface area contributed by atoms with Crippen molar-refractivity contribution in [1.82, 2.24) is 15.1 Å². The van der Waals surface area contributed by atoms with Crippen molar-refractivity contribution >= 4 is 17.6 Å². The fourth-order valence-electron chi connectivity index (χ4n) is 2.53. The second-order valence-corrected chi connectivity index (χ2v) is 6.34. The zero-order valence-electron chi connectivity index (χ0n) is 14.7. The number of halogens is 1. The maximum absolute atomic E-state index is 5.94. The SMILES string of the molecule is CN=C(NCC(c1ccco1)N(C)C)N(C)Cc1ccc(Cl)cc1. The zero-order valence-corrected chi connectivity index (χ0v) is 15.4. The molecule has 0 aliphatic carbocycles. The summed E-state index contributed by atoms with van der Waals surface area (Å²) >= 11 is 5.94. The minimum absolute atomic E-state index is 0.140. The minimum atomic E-state index is 0.140.